The number of benzene rings is 1. The van der Waals surface area contributed by atoms with Gasteiger partial charge in [-0.15, -0.1) is 0 Å². The molecule has 1 aliphatic heterocycles. The molecule has 0 aliphatic carbocycles. The number of rotatable bonds is 6. The van der Waals surface area contributed by atoms with Crippen LogP contribution in [0.2, 0.25) is 5.02 Å². The molecule has 1 atom stereocenters. The fraction of sp³-hybridized carbons (Fsp3) is 0.474. The van der Waals surface area contributed by atoms with E-state index < -0.39 is 0 Å². The fourth-order valence-corrected chi connectivity index (χ4v) is 3.55. The van der Waals surface area contributed by atoms with E-state index in [-0.39, 0.29) is 11.7 Å². The third kappa shape index (κ3) is 5.05. The molecular formula is C19H24ClFN4O. The Morgan fingerprint density at radius 1 is 1.42 bits per heavy atom. The molecule has 140 valence electrons. The Balaban J connectivity index is 1.47. The van der Waals surface area contributed by atoms with Gasteiger partial charge >= 0.3 is 0 Å². The topological polar surface area (TPSA) is 50.2 Å². The zero-order valence-corrected chi connectivity index (χ0v) is 15.7. The van der Waals surface area contributed by atoms with E-state index in [9.17, 15) is 9.18 Å². The molecule has 2 heterocycles. The van der Waals surface area contributed by atoms with Gasteiger partial charge in [0.25, 0.3) is 5.91 Å². The number of amides is 1. The molecular weight excluding hydrogens is 355 g/mol. The van der Waals surface area contributed by atoms with E-state index in [1.54, 1.807) is 12.3 Å². The van der Waals surface area contributed by atoms with Gasteiger partial charge in [0.1, 0.15) is 5.82 Å². The summed E-state index contributed by atoms with van der Waals surface area (Å²) in [6, 6.07) is 4.30. The minimum atomic E-state index is -0.386. The molecule has 5 nitrogen and oxygen atoms in total. The summed E-state index contributed by atoms with van der Waals surface area (Å²) >= 11 is 5.89. The average Bonchev–Trinajstić information content (AvgIpc) is 3.06. The molecule has 1 aliphatic rings. The third-order valence-electron chi connectivity index (χ3n) is 4.85. The van der Waals surface area contributed by atoms with Crippen LogP contribution < -0.4 is 5.32 Å². The van der Waals surface area contributed by atoms with Crippen LogP contribution in [0.15, 0.2) is 30.6 Å². The number of piperidine rings is 1. The molecule has 1 N–H and O–H groups in total. The number of aromatic nitrogens is 2. The number of carbonyl (C=O) groups is 1. The first kappa shape index (κ1) is 18.9. The monoisotopic (exact) mass is 378 g/mol. The van der Waals surface area contributed by atoms with E-state index in [0.29, 0.717) is 23.0 Å². The van der Waals surface area contributed by atoms with Gasteiger partial charge in [0, 0.05) is 31.4 Å². The van der Waals surface area contributed by atoms with Crippen LogP contribution in [0.3, 0.4) is 0 Å². The summed E-state index contributed by atoms with van der Waals surface area (Å²) in [7, 11) is 0. The lowest BCUT2D eigenvalue weighted by atomic mass is 9.97. The molecule has 1 aromatic heterocycles. The second-order valence-corrected chi connectivity index (χ2v) is 7.34. The number of hydrogen-bond acceptors (Lipinski definition) is 3. The normalized spacial score (nSPS) is 18.0. The lowest BCUT2D eigenvalue weighted by Crippen LogP contribution is -2.42. The molecule has 7 heteroatoms. The maximum Gasteiger partial charge on any atom is 0.251 e. The quantitative estimate of drug-likeness (QED) is 0.840. The molecule has 0 unspecified atom stereocenters. The number of carbonyl (C=O) groups excluding carboxylic acids is 1. The van der Waals surface area contributed by atoms with Crippen LogP contribution in [0.25, 0.3) is 0 Å². The molecule has 1 saturated heterocycles. The van der Waals surface area contributed by atoms with Crippen LogP contribution in [0.1, 0.15) is 28.8 Å². The summed E-state index contributed by atoms with van der Waals surface area (Å²) in [5, 5.41) is 7.82. The highest BCUT2D eigenvalue weighted by Gasteiger charge is 2.21. The van der Waals surface area contributed by atoms with E-state index in [1.165, 1.54) is 12.1 Å². The smallest absolute Gasteiger partial charge is 0.251 e. The van der Waals surface area contributed by atoms with E-state index in [2.05, 4.69) is 15.3 Å². The third-order valence-corrected chi connectivity index (χ3v) is 5.04. The van der Waals surface area contributed by atoms with Crippen LogP contribution in [0, 0.1) is 18.7 Å². The highest BCUT2D eigenvalue weighted by Crippen LogP contribution is 2.17. The van der Waals surface area contributed by atoms with Gasteiger partial charge < -0.3 is 10.2 Å². The van der Waals surface area contributed by atoms with Crippen LogP contribution >= 0.6 is 11.6 Å². The molecule has 0 bridgehead atoms. The number of aryl methyl sites for hydroxylation is 1. The van der Waals surface area contributed by atoms with Crippen molar-refractivity contribution in [3.05, 3.63) is 52.6 Å². The fourth-order valence-electron chi connectivity index (χ4n) is 3.40. The standard InChI is InChI=1S/C19H24ClFN4O/c1-14-4-5-17(21)9-18(14)19(26)22-10-15-3-2-6-24(12-15)7-8-25-13-16(20)11-23-25/h4-5,9,11,13,15H,2-3,6-8,10,12H2,1H3,(H,22,26)/t15-/m1/s1. The minimum absolute atomic E-state index is 0.203. The van der Waals surface area contributed by atoms with E-state index in [4.69, 9.17) is 11.6 Å². The Morgan fingerprint density at radius 2 is 2.27 bits per heavy atom. The Bertz CT molecular complexity index is 764. The summed E-state index contributed by atoms with van der Waals surface area (Å²) in [5.41, 5.74) is 1.19. The molecule has 3 rings (SSSR count). The van der Waals surface area contributed by atoms with Crippen molar-refractivity contribution < 1.29 is 9.18 Å². The first-order valence-electron chi connectivity index (χ1n) is 8.96. The SMILES string of the molecule is Cc1ccc(F)cc1C(=O)NC[C@H]1CCCN(CCn2cc(Cl)cn2)C1. The van der Waals surface area contributed by atoms with Crippen molar-refractivity contribution in [1.29, 1.82) is 0 Å². The molecule has 26 heavy (non-hydrogen) atoms. The Hall–Kier alpha value is -1.92. The van der Waals surface area contributed by atoms with Gasteiger partial charge in [-0.25, -0.2) is 4.39 Å². The number of likely N-dealkylation sites (tertiary alicyclic amines) is 1. The van der Waals surface area contributed by atoms with Crippen LogP contribution in [-0.4, -0.2) is 46.8 Å². The highest BCUT2D eigenvalue weighted by atomic mass is 35.5. The summed E-state index contributed by atoms with van der Waals surface area (Å²) in [5.74, 6) is -0.184. The van der Waals surface area contributed by atoms with E-state index in [0.717, 1.165) is 44.6 Å². The molecule has 0 radical (unpaired) electrons. The molecule has 0 saturated carbocycles. The summed E-state index contributed by atoms with van der Waals surface area (Å²) in [6.45, 7) is 6.14. The van der Waals surface area contributed by atoms with E-state index >= 15 is 0 Å². The van der Waals surface area contributed by atoms with Gasteiger partial charge in [-0.1, -0.05) is 17.7 Å². The van der Waals surface area contributed by atoms with Crippen LogP contribution in [-0.2, 0) is 6.54 Å². The zero-order chi connectivity index (χ0) is 18.5. The predicted octanol–water partition coefficient (Wildman–Crippen LogP) is 3.13. The van der Waals surface area contributed by atoms with Gasteiger partial charge in [-0.05, 0) is 49.9 Å². The summed E-state index contributed by atoms with van der Waals surface area (Å²) in [6.07, 6.45) is 5.67. The van der Waals surface area contributed by atoms with Gasteiger partial charge in [0.2, 0.25) is 0 Å². The second-order valence-electron chi connectivity index (χ2n) is 6.90. The van der Waals surface area contributed by atoms with Crippen molar-refractivity contribution in [2.75, 3.05) is 26.2 Å². The average molecular weight is 379 g/mol. The Kier molecular flexibility index (Phi) is 6.27. The maximum atomic E-state index is 13.4. The first-order valence-corrected chi connectivity index (χ1v) is 9.34. The number of halogens is 2. The van der Waals surface area contributed by atoms with Crippen LogP contribution in [0.5, 0.6) is 0 Å². The largest absolute Gasteiger partial charge is 0.352 e. The van der Waals surface area contributed by atoms with Crippen molar-refractivity contribution in [3.8, 4) is 0 Å². The van der Waals surface area contributed by atoms with Crippen molar-refractivity contribution in [2.45, 2.75) is 26.3 Å². The van der Waals surface area contributed by atoms with Gasteiger partial charge in [-0.3, -0.25) is 9.48 Å². The Morgan fingerprint density at radius 3 is 3.04 bits per heavy atom. The molecule has 1 aromatic carbocycles. The van der Waals surface area contributed by atoms with Crippen LogP contribution in [0.4, 0.5) is 4.39 Å². The van der Waals surface area contributed by atoms with Crippen molar-refractivity contribution in [3.63, 3.8) is 0 Å². The minimum Gasteiger partial charge on any atom is -0.352 e. The van der Waals surface area contributed by atoms with Crippen molar-refractivity contribution in [1.82, 2.24) is 20.0 Å². The van der Waals surface area contributed by atoms with Gasteiger partial charge in [-0.2, -0.15) is 5.10 Å². The van der Waals surface area contributed by atoms with Crippen molar-refractivity contribution in [2.24, 2.45) is 5.92 Å². The molecule has 1 amide bonds. The Labute approximate surface area is 158 Å². The maximum absolute atomic E-state index is 13.4. The predicted molar refractivity (Wildman–Crippen MR) is 99.9 cm³/mol. The highest BCUT2D eigenvalue weighted by molar-refractivity contribution is 6.30. The summed E-state index contributed by atoms with van der Waals surface area (Å²) in [4.78, 5) is 14.7. The van der Waals surface area contributed by atoms with Gasteiger partial charge in [0.15, 0.2) is 0 Å². The molecule has 2 aromatic rings. The number of hydrogen-bond donors (Lipinski definition) is 1. The number of nitrogens with one attached hydrogen (secondary N) is 1. The molecule has 1 fully saturated rings. The molecule has 0 spiro atoms. The zero-order valence-electron chi connectivity index (χ0n) is 14.9. The second kappa shape index (κ2) is 8.64. The first-order chi connectivity index (χ1) is 12.5. The van der Waals surface area contributed by atoms with E-state index in [1.807, 2.05) is 17.8 Å². The summed E-state index contributed by atoms with van der Waals surface area (Å²) < 4.78 is 15.2. The van der Waals surface area contributed by atoms with Crippen molar-refractivity contribution >= 4 is 17.5 Å². The number of nitrogens with zero attached hydrogens (tertiary/aromatic N) is 3. The lowest BCUT2D eigenvalue weighted by Gasteiger charge is -2.32. The lowest BCUT2D eigenvalue weighted by molar-refractivity contribution is 0.0930. The van der Waals surface area contributed by atoms with Gasteiger partial charge in [0.05, 0.1) is 17.8 Å².